The molecule has 0 aliphatic carbocycles. The van der Waals surface area contributed by atoms with Gasteiger partial charge in [-0.2, -0.15) is 13.2 Å². The minimum Gasteiger partial charge on any atom is -0.497 e. The Kier molecular flexibility index (Phi) is 7.30. The number of carbonyl (C=O) groups is 1. The fraction of sp³-hybridized carbons (Fsp3) is 0.458. The number of nitrogens with one attached hydrogen (secondary N) is 1. The highest BCUT2D eigenvalue weighted by Crippen LogP contribution is 2.32. The summed E-state index contributed by atoms with van der Waals surface area (Å²) >= 11 is 0. The molecule has 1 amide bonds. The van der Waals surface area contributed by atoms with Gasteiger partial charge in [0.15, 0.2) is 0 Å². The molecule has 2 heterocycles. The van der Waals surface area contributed by atoms with Crippen molar-refractivity contribution in [2.75, 3.05) is 51.3 Å². The number of aliphatic hydroxyl groups excluding tert-OH is 1. The van der Waals surface area contributed by atoms with Gasteiger partial charge in [0.25, 0.3) is 5.91 Å². The second kappa shape index (κ2) is 10.2. The molecule has 34 heavy (non-hydrogen) atoms. The molecule has 0 bridgehead atoms. The highest BCUT2D eigenvalue weighted by atomic mass is 19.4. The molecule has 0 spiro atoms. The predicted octanol–water partition coefficient (Wildman–Crippen LogP) is 2.39. The quantitative estimate of drug-likeness (QED) is 0.663. The second-order valence-electron chi connectivity index (χ2n) is 8.51. The molecule has 4 rings (SSSR count). The smallest absolute Gasteiger partial charge is 0.416 e. The van der Waals surface area contributed by atoms with Crippen molar-refractivity contribution in [3.63, 3.8) is 0 Å². The molecular weight excluding hydrogens is 451 g/mol. The standard InChI is InChI=1S/C24H28F3N3O4/c1-33-19-7-5-16(6-8-19)23(32)28-20-15-34-21(22(20)31)14-29-9-11-30(12-10-29)18-4-2-3-17(13-18)24(25,26)27/h2-8,13,20-22,31H,9-12,14-15H2,1H3,(H,28,32)/t20-,21-,22+/m0/s1. The fourth-order valence-electron chi connectivity index (χ4n) is 4.29. The van der Waals surface area contributed by atoms with Crippen LogP contribution in [-0.4, -0.2) is 80.6 Å². The monoisotopic (exact) mass is 479 g/mol. The van der Waals surface area contributed by atoms with Crippen LogP contribution in [0.2, 0.25) is 0 Å². The molecule has 2 aromatic rings. The van der Waals surface area contributed by atoms with Crippen molar-refractivity contribution in [2.24, 2.45) is 0 Å². The number of hydrogen-bond donors (Lipinski definition) is 2. The van der Waals surface area contributed by atoms with E-state index in [0.29, 0.717) is 49.7 Å². The van der Waals surface area contributed by atoms with Crippen LogP contribution in [0.15, 0.2) is 48.5 Å². The zero-order valence-corrected chi connectivity index (χ0v) is 18.8. The Morgan fingerprint density at radius 3 is 2.50 bits per heavy atom. The van der Waals surface area contributed by atoms with E-state index < -0.39 is 30.0 Å². The molecule has 2 aliphatic heterocycles. The third kappa shape index (κ3) is 5.63. The number of aliphatic hydroxyl groups is 1. The summed E-state index contributed by atoms with van der Waals surface area (Å²) in [6.45, 7) is 3.09. The van der Waals surface area contributed by atoms with E-state index in [9.17, 15) is 23.1 Å². The summed E-state index contributed by atoms with van der Waals surface area (Å²) in [6.07, 6.45) is -5.68. The van der Waals surface area contributed by atoms with Crippen LogP contribution in [0.5, 0.6) is 5.75 Å². The number of ether oxygens (including phenoxy) is 2. The highest BCUT2D eigenvalue weighted by Gasteiger charge is 2.38. The summed E-state index contributed by atoms with van der Waals surface area (Å²) in [5.74, 6) is 0.347. The number of methoxy groups -OCH3 is 1. The highest BCUT2D eigenvalue weighted by molar-refractivity contribution is 5.94. The molecule has 0 saturated carbocycles. The van der Waals surface area contributed by atoms with E-state index in [1.54, 1.807) is 37.4 Å². The zero-order chi connectivity index (χ0) is 24.3. The van der Waals surface area contributed by atoms with Gasteiger partial charge in [0.05, 0.1) is 31.4 Å². The van der Waals surface area contributed by atoms with Gasteiger partial charge in [-0.25, -0.2) is 0 Å². The Morgan fingerprint density at radius 2 is 1.85 bits per heavy atom. The van der Waals surface area contributed by atoms with E-state index in [1.807, 2.05) is 4.90 Å². The Balaban J connectivity index is 1.26. The van der Waals surface area contributed by atoms with Crippen molar-refractivity contribution >= 4 is 11.6 Å². The van der Waals surface area contributed by atoms with E-state index in [1.165, 1.54) is 12.1 Å². The van der Waals surface area contributed by atoms with Crippen molar-refractivity contribution in [1.82, 2.24) is 10.2 Å². The van der Waals surface area contributed by atoms with Gasteiger partial charge in [0, 0.05) is 44.0 Å². The summed E-state index contributed by atoms with van der Waals surface area (Å²) in [4.78, 5) is 16.5. The zero-order valence-electron chi connectivity index (χ0n) is 18.8. The first-order valence-corrected chi connectivity index (χ1v) is 11.1. The number of piperazine rings is 1. The van der Waals surface area contributed by atoms with Gasteiger partial charge in [0.2, 0.25) is 0 Å². The minimum absolute atomic E-state index is 0.206. The van der Waals surface area contributed by atoms with E-state index in [0.717, 1.165) is 6.07 Å². The number of amides is 1. The topological polar surface area (TPSA) is 74.3 Å². The van der Waals surface area contributed by atoms with Crippen molar-refractivity contribution in [3.8, 4) is 5.75 Å². The lowest BCUT2D eigenvalue weighted by Gasteiger charge is -2.37. The maximum Gasteiger partial charge on any atom is 0.416 e. The molecule has 2 fully saturated rings. The minimum atomic E-state index is -4.37. The van der Waals surface area contributed by atoms with Crippen molar-refractivity contribution in [1.29, 1.82) is 0 Å². The SMILES string of the molecule is COc1ccc(C(=O)N[C@H]2CO[C@@H](CN3CCN(c4cccc(C(F)(F)F)c4)CC3)[C@@H]2O)cc1. The second-order valence-corrected chi connectivity index (χ2v) is 8.51. The summed E-state index contributed by atoms with van der Waals surface area (Å²) in [5, 5.41) is 13.5. The molecule has 3 atom stereocenters. The number of alkyl halides is 3. The number of carbonyl (C=O) groups excluding carboxylic acids is 1. The van der Waals surface area contributed by atoms with E-state index >= 15 is 0 Å². The summed E-state index contributed by atoms with van der Waals surface area (Å²) < 4.78 is 49.9. The Bertz CT molecular complexity index is 978. The predicted molar refractivity (Wildman–Crippen MR) is 120 cm³/mol. The molecule has 0 unspecified atom stereocenters. The Hall–Kier alpha value is -2.82. The number of hydrogen-bond acceptors (Lipinski definition) is 6. The van der Waals surface area contributed by atoms with Gasteiger partial charge < -0.3 is 24.8 Å². The largest absolute Gasteiger partial charge is 0.497 e. The van der Waals surface area contributed by atoms with E-state index in [4.69, 9.17) is 9.47 Å². The van der Waals surface area contributed by atoms with Crippen LogP contribution in [0.3, 0.4) is 0 Å². The normalized spacial score (nSPS) is 23.7. The third-order valence-corrected chi connectivity index (χ3v) is 6.30. The molecule has 184 valence electrons. The van der Waals surface area contributed by atoms with Crippen LogP contribution in [0, 0.1) is 0 Å². The van der Waals surface area contributed by atoms with Gasteiger partial charge in [0.1, 0.15) is 11.9 Å². The van der Waals surface area contributed by atoms with E-state index in [2.05, 4.69) is 10.2 Å². The Morgan fingerprint density at radius 1 is 1.15 bits per heavy atom. The summed E-state index contributed by atoms with van der Waals surface area (Å²) in [7, 11) is 1.55. The lowest BCUT2D eigenvalue weighted by molar-refractivity contribution is -0.137. The molecular formula is C24H28F3N3O4. The first-order valence-electron chi connectivity index (χ1n) is 11.1. The number of rotatable bonds is 6. The van der Waals surface area contributed by atoms with Crippen LogP contribution < -0.4 is 15.0 Å². The molecule has 10 heteroatoms. The van der Waals surface area contributed by atoms with Gasteiger partial charge in [-0.05, 0) is 42.5 Å². The summed E-state index contributed by atoms with van der Waals surface area (Å²) in [6, 6.07) is 11.5. The average molecular weight is 479 g/mol. The molecule has 2 aromatic carbocycles. The molecule has 7 nitrogen and oxygen atoms in total. The number of benzene rings is 2. The van der Waals surface area contributed by atoms with Crippen molar-refractivity contribution in [3.05, 3.63) is 59.7 Å². The van der Waals surface area contributed by atoms with Crippen LogP contribution in [-0.2, 0) is 10.9 Å². The maximum atomic E-state index is 13.0. The summed E-state index contributed by atoms with van der Waals surface area (Å²) in [5.41, 5.74) is 0.354. The van der Waals surface area contributed by atoms with Crippen LogP contribution in [0.4, 0.5) is 18.9 Å². The Labute approximate surface area is 196 Å². The maximum absolute atomic E-state index is 13.0. The van der Waals surface area contributed by atoms with Crippen LogP contribution in [0.25, 0.3) is 0 Å². The lowest BCUT2D eigenvalue weighted by Crippen LogP contribution is -2.51. The van der Waals surface area contributed by atoms with Crippen molar-refractivity contribution in [2.45, 2.75) is 24.4 Å². The van der Waals surface area contributed by atoms with Gasteiger partial charge in [-0.3, -0.25) is 9.69 Å². The van der Waals surface area contributed by atoms with Gasteiger partial charge in [-0.1, -0.05) is 6.07 Å². The van der Waals surface area contributed by atoms with Gasteiger partial charge in [-0.15, -0.1) is 0 Å². The molecule has 0 aromatic heterocycles. The average Bonchev–Trinajstić information content (AvgIpc) is 3.18. The first kappa shape index (κ1) is 24.3. The first-order chi connectivity index (χ1) is 16.2. The van der Waals surface area contributed by atoms with Crippen LogP contribution in [0.1, 0.15) is 15.9 Å². The molecule has 2 aliphatic rings. The van der Waals surface area contributed by atoms with Crippen molar-refractivity contribution < 1.29 is 32.5 Å². The number of nitrogens with zero attached hydrogens (tertiary/aromatic N) is 2. The number of anilines is 1. The lowest BCUT2D eigenvalue weighted by atomic mass is 10.1. The van der Waals surface area contributed by atoms with Crippen LogP contribution >= 0.6 is 0 Å². The molecule has 0 radical (unpaired) electrons. The number of halogens is 3. The molecule has 2 N–H and O–H groups in total. The third-order valence-electron chi connectivity index (χ3n) is 6.30. The van der Waals surface area contributed by atoms with Gasteiger partial charge >= 0.3 is 6.18 Å². The van der Waals surface area contributed by atoms with E-state index in [-0.39, 0.29) is 12.5 Å². The molecule has 2 saturated heterocycles. The fourth-order valence-corrected chi connectivity index (χ4v) is 4.29.